The first-order valence-electron chi connectivity index (χ1n) is 9.74. The Labute approximate surface area is 195 Å². The van der Waals surface area contributed by atoms with E-state index in [4.69, 9.17) is 27.9 Å². The van der Waals surface area contributed by atoms with Crippen LogP contribution in [0, 0.1) is 0 Å². The number of pyridine rings is 1. The Balaban J connectivity index is 1.41. The smallest absolute Gasteiger partial charge is 0.266 e. The molecule has 4 rings (SSSR count). The maximum absolute atomic E-state index is 12.3. The molecule has 1 N–H and O–H groups in total. The predicted octanol–water partition coefficient (Wildman–Crippen LogP) is 5.51. The number of hydrogen-bond donors (Lipinski definition) is 1. The Morgan fingerprint density at radius 3 is 2.47 bits per heavy atom. The lowest BCUT2D eigenvalue weighted by atomic mass is 10.2. The number of ether oxygens (including phenoxy) is 1. The molecule has 2 aromatic carbocycles. The Morgan fingerprint density at radius 1 is 1.00 bits per heavy atom. The molecule has 0 saturated heterocycles. The van der Waals surface area contributed by atoms with Crippen molar-refractivity contribution in [1.29, 1.82) is 0 Å². The van der Waals surface area contributed by atoms with Crippen LogP contribution in [0.1, 0.15) is 6.92 Å². The largest absolute Gasteiger partial charge is 0.481 e. The summed E-state index contributed by atoms with van der Waals surface area (Å²) in [5, 5.41) is 4.71. The third kappa shape index (κ3) is 5.07. The lowest BCUT2D eigenvalue weighted by molar-refractivity contribution is -0.122. The van der Waals surface area contributed by atoms with Gasteiger partial charge < -0.3 is 15.0 Å². The molecule has 1 unspecified atom stereocenters. The number of amides is 1. The molecule has 0 spiro atoms. The van der Waals surface area contributed by atoms with Crippen molar-refractivity contribution in [1.82, 2.24) is 15.0 Å². The van der Waals surface area contributed by atoms with Gasteiger partial charge in [-0.2, -0.15) is 0 Å². The van der Waals surface area contributed by atoms with Crippen molar-refractivity contribution < 1.29 is 9.53 Å². The summed E-state index contributed by atoms with van der Waals surface area (Å²) < 4.78 is 5.75. The van der Waals surface area contributed by atoms with Crippen LogP contribution in [0.5, 0.6) is 5.75 Å². The van der Waals surface area contributed by atoms with Gasteiger partial charge in [-0.1, -0.05) is 23.2 Å². The zero-order chi connectivity index (χ0) is 22.7. The van der Waals surface area contributed by atoms with Crippen LogP contribution in [0.2, 0.25) is 10.0 Å². The summed E-state index contributed by atoms with van der Waals surface area (Å²) in [6.07, 6.45) is 2.49. The van der Waals surface area contributed by atoms with E-state index in [9.17, 15) is 4.79 Å². The fraction of sp³-hybridized carbons (Fsp3) is 0.130. The van der Waals surface area contributed by atoms with Crippen LogP contribution in [0.3, 0.4) is 0 Å². The van der Waals surface area contributed by atoms with Gasteiger partial charge in [-0.25, -0.2) is 15.0 Å². The van der Waals surface area contributed by atoms with Crippen molar-refractivity contribution in [2.45, 2.75) is 13.0 Å². The number of rotatable bonds is 6. The van der Waals surface area contributed by atoms with Gasteiger partial charge in [0, 0.05) is 35.5 Å². The van der Waals surface area contributed by atoms with Crippen LogP contribution < -0.4 is 15.0 Å². The van der Waals surface area contributed by atoms with E-state index in [1.165, 1.54) is 6.20 Å². The van der Waals surface area contributed by atoms with E-state index >= 15 is 0 Å². The van der Waals surface area contributed by atoms with Gasteiger partial charge in [-0.3, -0.25) is 4.79 Å². The molecule has 2 aromatic heterocycles. The number of hydrogen-bond acceptors (Lipinski definition) is 6. The van der Waals surface area contributed by atoms with Crippen LogP contribution in [-0.2, 0) is 4.79 Å². The minimum atomic E-state index is -0.716. The number of nitrogens with one attached hydrogen (secondary N) is 1. The fourth-order valence-corrected chi connectivity index (χ4v) is 3.25. The van der Waals surface area contributed by atoms with Crippen LogP contribution >= 0.6 is 23.2 Å². The molecular formula is C23H19Cl2N5O2. The third-order valence-corrected chi connectivity index (χ3v) is 5.17. The molecule has 9 heteroatoms. The van der Waals surface area contributed by atoms with E-state index < -0.39 is 6.10 Å². The SMILES string of the molecule is CC(Oc1ccc(N(C)c2ncc3cc(Cl)ccc3n2)cc1)C(=O)Nc1ccc(Cl)cn1. The molecule has 0 bridgehead atoms. The number of nitrogens with zero attached hydrogens (tertiary/aromatic N) is 4. The Hall–Kier alpha value is -3.42. The van der Waals surface area contributed by atoms with E-state index in [2.05, 4.69) is 20.3 Å². The minimum absolute atomic E-state index is 0.314. The van der Waals surface area contributed by atoms with Crippen LogP contribution in [-0.4, -0.2) is 34.0 Å². The highest BCUT2D eigenvalue weighted by molar-refractivity contribution is 6.31. The second kappa shape index (κ2) is 9.38. The Morgan fingerprint density at radius 2 is 1.75 bits per heavy atom. The van der Waals surface area contributed by atoms with Crippen LogP contribution in [0.15, 0.2) is 67.0 Å². The average molecular weight is 468 g/mol. The van der Waals surface area contributed by atoms with E-state index in [0.717, 1.165) is 16.6 Å². The van der Waals surface area contributed by atoms with Crippen molar-refractivity contribution in [2.24, 2.45) is 0 Å². The lowest BCUT2D eigenvalue weighted by Gasteiger charge is -2.19. The highest BCUT2D eigenvalue weighted by Gasteiger charge is 2.16. The maximum atomic E-state index is 12.3. The van der Waals surface area contributed by atoms with Gasteiger partial charge in [0.25, 0.3) is 5.91 Å². The molecule has 0 saturated carbocycles. The first-order chi connectivity index (χ1) is 15.4. The van der Waals surface area contributed by atoms with Crippen molar-refractivity contribution in [2.75, 3.05) is 17.3 Å². The second-order valence-electron chi connectivity index (χ2n) is 7.04. The number of aromatic nitrogens is 3. The summed E-state index contributed by atoms with van der Waals surface area (Å²) in [5.41, 5.74) is 1.68. The van der Waals surface area contributed by atoms with Gasteiger partial charge in [-0.05, 0) is 61.5 Å². The van der Waals surface area contributed by atoms with E-state index in [1.807, 2.05) is 36.2 Å². The second-order valence-corrected chi connectivity index (χ2v) is 7.91. The lowest BCUT2D eigenvalue weighted by Crippen LogP contribution is -2.30. The predicted molar refractivity (Wildman–Crippen MR) is 127 cm³/mol. The van der Waals surface area contributed by atoms with Gasteiger partial charge in [0.2, 0.25) is 5.95 Å². The van der Waals surface area contributed by atoms with E-state index in [-0.39, 0.29) is 5.91 Å². The van der Waals surface area contributed by atoms with Crippen molar-refractivity contribution in [3.63, 3.8) is 0 Å². The zero-order valence-corrected chi connectivity index (χ0v) is 18.8. The minimum Gasteiger partial charge on any atom is -0.481 e. The Kier molecular flexibility index (Phi) is 6.39. The van der Waals surface area contributed by atoms with Gasteiger partial charge in [0.05, 0.1) is 10.5 Å². The normalized spacial score (nSPS) is 11.8. The molecule has 0 aliphatic rings. The molecule has 0 radical (unpaired) electrons. The van der Waals surface area contributed by atoms with Crippen molar-refractivity contribution >= 4 is 57.5 Å². The summed E-state index contributed by atoms with van der Waals surface area (Å²) in [6, 6.07) is 16.1. The summed E-state index contributed by atoms with van der Waals surface area (Å²) in [7, 11) is 1.88. The maximum Gasteiger partial charge on any atom is 0.266 e. The van der Waals surface area contributed by atoms with Gasteiger partial charge in [0.1, 0.15) is 11.6 Å². The number of anilines is 3. The highest BCUT2D eigenvalue weighted by Crippen LogP contribution is 2.26. The van der Waals surface area contributed by atoms with Crippen molar-refractivity contribution in [3.8, 4) is 5.75 Å². The number of halogens is 2. The molecular weight excluding hydrogens is 449 g/mol. The molecule has 162 valence electrons. The quantitative estimate of drug-likeness (QED) is 0.402. The monoisotopic (exact) mass is 467 g/mol. The van der Waals surface area contributed by atoms with Gasteiger partial charge in [0.15, 0.2) is 6.10 Å². The summed E-state index contributed by atoms with van der Waals surface area (Å²) in [4.78, 5) is 27.3. The molecule has 1 amide bonds. The van der Waals surface area contributed by atoms with Gasteiger partial charge >= 0.3 is 0 Å². The molecule has 0 aliphatic carbocycles. The van der Waals surface area contributed by atoms with Gasteiger partial charge in [-0.15, -0.1) is 0 Å². The summed E-state index contributed by atoms with van der Waals surface area (Å²) >= 11 is 11.8. The standard InChI is InChI=1S/C23H19Cl2N5O2/c1-14(22(31)29-21-10-4-17(25)13-26-21)32-19-7-5-18(6-8-19)30(2)23-27-12-15-11-16(24)3-9-20(15)28-23/h3-14H,1-2H3,(H,26,29,31). The van der Waals surface area contributed by atoms with E-state index in [1.54, 1.807) is 43.5 Å². The number of fused-ring (bicyclic) bond motifs is 1. The first kappa shape index (κ1) is 21.8. The summed E-state index contributed by atoms with van der Waals surface area (Å²) in [6.45, 7) is 1.67. The number of benzene rings is 2. The van der Waals surface area contributed by atoms with Crippen LogP contribution in [0.4, 0.5) is 17.5 Å². The molecule has 1 atom stereocenters. The van der Waals surface area contributed by atoms with Crippen LogP contribution in [0.25, 0.3) is 10.9 Å². The molecule has 2 heterocycles. The molecule has 4 aromatic rings. The number of carbonyl (C=O) groups is 1. The highest BCUT2D eigenvalue weighted by atomic mass is 35.5. The molecule has 0 aliphatic heterocycles. The average Bonchev–Trinajstić information content (AvgIpc) is 2.80. The molecule has 7 nitrogen and oxygen atoms in total. The summed E-state index contributed by atoms with van der Waals surface area (Å²) in [5.74, 6) is 1.20. The topological polar surface area (TPSA) is 80.2 Å². The molecule has 32 heavy (non-hydrogen) atoms. The van der Waals surface area contributed by atoms with E-state index in [0.29, 0.717) is 27.6 Å². The molecule has 0 fully saturated rings. The number of carbonyl (C=O) groups excluding carboxylic acids is 1. The Bertz CT molecular complexity index is 1250. The zero-order valence-electron chi connectivity index (χ0n) is 17.3. The third-order valence-electron chi connectivity index (χ3n) is 4.71. The first-order valence-corrected chi connectivity index (χ1v) is 10.5. The van der Waals surface area contributed by atoms with Crippen molar-refractivity contribution in [3.05, 3.63) is 77.0 Å². The fourth-order valence-electron chi connectivity index (χ4n) is 2.96.